The zero-order valence-electron chi connectivity index (χ0n) is 15.3. The predicted octanol–water partition coefficient (Wildman–Crippen LogP) is 3.54. The van der Waals surface area contributed by atoms with Gasteiger partial charge in [0.25, 0.3) is 5.91 Å². The van der Waals surface area contributed by atoms with Crippen LogP contribution in [0.2, 0.25) is 0 Å². The standard InChI is InChI=1S/C20H25N3O3/c1-13-16(14(2)26-23-13)11-12-19(24)22-18-10-6-5-9-17(18)20(25)21-15-7-3-4-8-15/h5-6,9-10,15H,3-4,7-8,11-12H2,1-2H3,(H,21,25)(H,22,24). The first kappa shape index (κ1) is 18.2. The number of aromatic nitrogens is 1. The van der Waals surface area contributed by atoms with Crippen LogP contribution in [0.1, 0.15) is 59.5 Å². The SMILES string of the molecule is Cc1noc(C)c1CCC(=O)Nc1ccccc1C(=O)NC1CCCC1. The third-order valence-electron chi connectivity index (χ3n) is 4.92. The van der Waals surface area contributed by atoms with Crippen LogP contribution in [0.3, 0.4) is 0 Å². The monoisotopic (exact) mass is 355 g/mol. The number of benzene rings is 1. The van der Waals surface area contributed by atoms with E-state index in [2.05, 4.69) is 15.8 Å². The van der Waals surface area contributed by atoms with Gasteiger partial charge in [0, 0.05) is 18.0 Å². The van der Waals surface area contributed by atoms with Crippen LogP contribution in [-0.2, 0) is 11.2 Å². The van der Waals surface area contributed by atoms with Crippen molar-refractivity contribution in [1.29, 1.82) is 0 Å². The zero-order chi connectivity index (χ0) is 18.5. The molecule has 0 atom stereocenters. The second kappa shape index (κ2) is 8.17. The number of carbonyl (C=O) groups excluding carboxylic acids is 2. The van der Waals surface area contributed by atoms with Gasteiger partial charge in [0.2, 0.25) is 5.91 Å². The number of aryl methyl sites for hydroxylation is 2. The highest BCUT2D eigenvalue weighted by Crippen LogP contribution is 2.21. The highest BCUT2D eigenvalue weighted by atomic mass is 16.5. The summed E-state index contributed by atoms with van der Waals surface area (Å²) in [5.41, 5.74) is 2.83. The van der Waals surface area contributed by atoms with E-state index in [0.717, 1.165) is 42.7 Å². The molecule has 3 rings (SSSR count). The van der Waals surface area contributed by atoms with Crippen LogP contribution in [0.4, 0.5) is 5.69 Å². The maximum atomic E-state index is 12.6. The van der Waals surface area contributed by atoms with E-state index in [1.807, 2.05) is 26.0 Å². The average Bonchev–Trinajstić information content (AvgIpc) is 3.24. The molecule has 6 heteroatoms. The molecule has 0 radical (unpaired) electrons. The number of para-hydroxylation sites is 1. The number of carbonyl (C=O) groups is 2. The number of nitrogens with zero attached hydrogens (tertiary/aromatic N) is 1. The van der Waals surface area contributed by atoms with Gasteiger partial charge in [0.1, 0.15) is 5.76 Å². The van der Waals surface area contributed by atoms with Crippen molar-refractivity contribution in [3.05, 3.63) is 46.8 Å². The molecule has 1 saturated carbocycles. The van der Waals surface area contributed by atoms with Crippen LogP contribution in [0, 0.1) is 13.8 Å². The summed E-state index contributed by atoms with van der Waals surface area (Å²) in [5, 5.41) is 9.84. The minimum Gasteiger partial charge on any atom is -0.361 e. The first-order valence-corrected chi connectivity index (χ1v) is 9.16. The summed E-state index contributed by atoms with van der Waals surface area (Å²) < 4.78 is 5.13. The lowest BCUT2D eigenvalue weighted by atomic mass is 10.1. The van der Waals surface area contributed by atoms with Crippen molar-refractivity contribution in [3.8, 4) is 0 Å². The van der Waals surface area contributed by atoms with Gasteiger partial charge in [-0.1, -0.05) is 30.1 Å². The molecule has 2 aromatic rings. The minimum atomic E-state index is -0.133. The molecule has 1 aliphatic rings. The van der Waals surface area contributed by atoms with Crippen molar-refractivity contribution in [1.82, 2.24) is 10.5 Å². The molecule has 0 spiro atoms. The van der Waals surface area contributed by atoms with Crippen LogP contribution in [0.5, 0.6) is 0 Å². The quantitative estimate of drug-likeness (QED) is 0.830. The molecule has 0 bridgehead atoms. The molecular weight excluding hydrogens is 330 g/mol. The van der Waals surface area contributed by atoms with Gasteiger partial charge < -0.3 is 15.2 Å². The summed E-state index contributed by atoms with van der Waals surface area (Å²) in [7, 11) is 0. The van der Waals surface area contributed by atoms with E-state index >= 15 is 0 Å². The van der Waals surface area contributed by atoms with E-state index in [-0.39, 0.29) is 17.9 Å². The average molecular weight is 355 g/mol. The van der Waals surface area contributed by atoms with Gasteiger partial charge in [-0.15, -0.1) is 0 Å². The first-order chi connectivity index (χ1) is 12.5. The summed E-state index contributed by atoms with van der Waals surface area (Å²) in [6.45, 7) is 3.71. The third-order valence-corrected chi connectivity index (χ3v) is 4.92. The van der Waals surface area contributed by atoms with E-state index < -0.39 is 0 Å². The number of hydrogen-bond donors (Lipinski definition) is 2. The van der Waals surface area contributed by atoms with Crippen LogP contribution < -0.4 is 10.6 Å². The van der Waals surface area contributed by atoms with Crippen LogP contribution in [0.15, 0.2) is 28.8 Å². The maximum Gasteiger partial charge on any atom is 0.253 e. The molecule has 1 aliphatic carbocycles. The summed E-state index contributed by atoms with van der Waals surface area (Å²) >= 11 is 0. The maximum absolute atomic E-state index is 12.6. The number of rotatable bonds is 6. The van der Waals surface area contributed by atoms with E-state index in [9.17, 15) is 9.59 Å². The van der Waals surface area contributed by atoms with Gasteiger partial charge in [0.05, 0.1) is 16.9 Å². The number of hydrogen-bond acceptors (Lipinski definition) is 4. The van der Waals surface area contributed by atoms with Gasteiger partial charge in [-0.25, -0.2) is 0 Å². The van der Waals surface area contributed by atoms with Gasteiger partial charge in [-0.2, -0.15) is 0 Å². The molecule has 1 fully saturated rings. The zero-order valence-corrected chi connectivity index (χ0v) is 15.3. The lowest BCUT2D eigenvalue weighted by molar-refractivity contribution is -0.116. The smallest absolute Gasteiger partial charge is 0.253 e. The molecule has 26 heavy (non-hydrogen) atoms. The van der Waals surface area contributed by atoms with Gasteiger partial charge in [-0.05, 0) is 45.2 Å². The topological polar surface area (TPSA) is 84.2 Å². The van der Waals surface area contributed by atoms with Gasteiger partial charge in [-0.3, -0.25) is 9.59 Å². The van der Waals surface area contributed by atoms with Gasteiger partial charge >= 0.3 is 0 Å². The van der Waals surface area contributed by atoms with Crippen molar-refractivity contribution in [3.63, 3.8) is 0 Å². The first-order valence-electron chi connectivity index (χ1n) is 9.16. The molecule has 2 N–H and O–H groups in total. The van der Waals surface area contributed by atoms with Crippen LogP contribution in [-0.4, -0.2) is 23.0 Å². The molecule has 1 aromatic carbocycles. The Hall–Kier alpha value is -2.63. The van der Waals surface area contributed by atoms with Crippen LogP contribution >= 0.6 is 0 Å². The molecular formula is C20H25N3O3. The van der Waals surface area contributed by atoms with E-state index in [0.29, 0.717) is 24.1 Å². The van der Waals surface area contributed by atoms with E-state index in [1.165, 1.54) is 0 Å². The normalized spacial score (nSPS) is 14.4. The Kier molecular flexibility index (Phi) is 5.71. The molecule has 0 unspecified atom stereocenters. The largest absolute Gasteiger partial charge is 0.361 e. The molecule has 138 valence electrons. The highest BCUT2D eigenvalue weighted by molar-refractivity contribution is 6.03. The third kappa shape index (κ3) is 4.31. The highest BCUT2D eigenvalue weighted by Gasteiger charge is 2.20. The minimum absolute atomic E-state index is 0.126. The molecule has 0 saturated heterocycles. The lowest BCUT2D eigenvalue weighted by Crippen LogP contribution is -2.33. The van der Waals surface area contributed by atoms with Gasteiger partial charge in [0.15, 0.2) is 0 Å². The molecule has 6 nitrogen and oxygen atoms in total. The summed E-state index contributed by atoms with van der Waals surface area (Å²) in [6.07, 6.45) is 5.23. The Morgan fingerprint density at radius 1 is 1.19 bits per heavy atom. The fourth-order valence-electron chi connectivity index (χ4n) is 3.43. The van der Waals surface area contributed by atoms with E-state index in [4.69, 9.17) is 4.52 Å². The summed E-state index contributed by atoms with van der Waals surface area (Å²) in [5.74, 6) is 0.483. The molecule has 1 heterocycles. The molecule has 0 aliphatic heterocycles. The Bertz CT molecular complexity index is 772. The predicted molar refractivity (Wildman–Crippen MR) is 99.1 cm³/mol. The Morgan fingerprint density at radius 3 is 2.62 bits per heavy atom. The second-order valence-corrected chi connectivity index (χ2v) is 6.85. The Labute approximate surface area is 153 Å². The van der Waals surface area contributed by atoms with Crippen LogP contribution in [0.25, 0.3) is 0 Å². The molecule has 1 aromatic heterocycles. The summed E-state index contributed by atoms with van der Waals surface area (Å²) in [4.78, 5) is 24.9. The van der Waals surface area contributed by atoms with E-state index in [1.54, 1.807) is 12.1 Å². The Morgan fingerprint density at radius 2 is 1.92 bits per heavy atom. The van der Waals surface area contributed by atoms with Crippen molar-refractivity contribution in [2.45, 2.75) is 58.4 Å². The molecule has 2 amide bonds. The van der Waals surface area contributed by atoms with Crippen molar-refractivity contribution < 1.29 is 14.1 Å². The lowest BCUT2D eigenvalue weighted by Gasteiger charge is -2.15. The Balaban J connectivity index is 1.62. The fraction of sp³-hybridized carbons (Fsp3) is 0.450. The number of anilines is 1. The number of nitrogens with one attached hydrogen (secondary N) is 2. The fourth-order valence-corrected chi connectivity index (χ4v) is 3.43. The van der Waals surface area contributed by atoms with Crippen molar-refractivity contribution in [2.24, 2.45) is 0 Å². The second-order valence-electron chi connectivity index (χ2n) is 6.85. The van der Waals surface area contributed by atoms with Crippen molar-refractivity contribution >= 4 is 17.5 Å². The number of amides is 2. The van der Waals surface area contributed by atoms with Crippen molar-refractivity contribution in [2.75, 3.05) is 5.32 Å². The summed E-state index contributed by atoms with van der Waals surface area (Å²) in [6, 6.07) is 7.37.